The van der Waals surface area contributed by atoms with Crippen LogP contribution in [0.4, 0.5) is 0 Å². The van der Waals surface area contributed by atoms with E-state index in [0.29, 0.717) is 11.9 Å². The van der Waals surface area contributed by atoms with Crippen LogP contribution in [0.15, 0.2) is 29.2 Å². The summed E-state index contributed by atoms with van der Waals surface area (Å²) in [5.41, 5.74) is 0.648. The van der Waals surface area contributed by atoms with E-state index >= 15 is 0 Å². The number of benzene rings is 1. The monoisotopic (exact) mass is 428 g/mol. The zero-order valence-electron chi connectivity index (χ0n) is 13.8. The van der Waals surface area contributed by atoms with E-state index in [1.54, 1.807) is 13.1 Å². The van der Waals surface area contributed by atoms with Crippen LogP contribution in [-0.4, -0.2) is 42.2 Å². The number of carbonyl (C=O) groups is 1. The van der Waals surface area contributed by atoms with Crippen molar-refractivity contribution in [2.24, 2.45) is 0 Å². The fraction of sp³-hybridized carbons (Fsp3) is 0.412. The second-order valence-corrected chi connectivity index (χ2v) is 6.96. The minimum Gasteiger partial charge on any atom is -0.462 e. The molecule has 6 heteroatoms. The highest BCUT2D eigenvalue weighted by Gasteiger charge is 2.18. The lowest BCUT2D eigenvalue weighted by Gasteiger charge is -2.23. The average molecular weight is 428 g/mol. The van der Waals surface area contributed by atoms with Gasteiger partial charge in [0.15, 0.2) is 0 Å². The topological polar surface area (TPSA) is 51.5 Å². The first kappa shape index (κ1) is 17.9. The highest BCUT2D eigenvalue weighted by Crippen LogP contribution is 2.17. The average Bonchev–Trinajstić information content (AvgIpc) is 2.50. The summed E-state index contributed by atoms with van der Waals surface area (Å²) in [7, 11) is 4.01. The van der Waals surface area contributed by atoms with Crippen molar-refractivity contribution in [3.63, 3.8) is 0 Å². The minimum atomic E-state index is -0.565. The number of halogens is 1. The maximum atomic E-state index is 12.6. The molecule has 0 saturated heterocycles. The number of carbonyl (C=O) groups excluding carboxylic acids is 1. The van der Waals surface area contributed by atoms with E-state index in [2.05, 4.69) is 34.4 Å². The van der Waals surface area contributed by atoms with E-state index in [4.69, 9.17) is 4.74 Å². The number of rotatable bonds is 5. The second kappa shape index (κ2) is 7.44. The van der Waals surface area contributed by atoms with E-state index in [-0.39, 0.29) is 23.6 Å². The van der Waals surface area contributed by atoms with Crippen LogP contribution in [-0.2, 0) is 11.3 Å². The standard InChI is InChI=1S/C17H21IN2O3/c1-5-23-17(22)14-10-20(9-11(2)19(3)4)15-7-6-12(18)8-13(15)16(14)21/h6-8,10-11H,5,9H2,1-4H3. The molecule has 1 heterocycles. The predicted octanol–water partition coefficient (Wildman–Crippen LogP) is 2.73. The summed E-state index contributed by atoms with van der Waals surface area (Å²) in [5.74, 6) is -0.565. The summed E-state index contributed by atoms with van der Waals surface area (Å²) in [6.07, 6.45) is 1.62. The second-order valence-electron chi connectivity index (χ2n) is 5.72. The number of pyridine rings is 1. The van der Waals surface area contributed by atoms with Gasteiger partial charge in [-0.2, -0.15) is 0 Å². The Morgan fingerprint density at radius 2 is 2.09 bits per heavy atom. The molecule has 124 valence electrons. The number of hydrogen-bond donors (Lipinski definition) is 0. The zero-order valence-corrected chi connectivity index (χ0v) is 16.0. The molecule has 2 aromatic rings. The Hall–Kier alpha value is -1.41. The summed E-state index contributed by atoms with van der Waals surface area (Å²) in [4.78, 5) is 26.9. The Labute approximate surface area is 149 Å². The molecule has 1 aromatic heterocycles. The van der Waals surface area contributed by atoms with Crippen LogP contribution >= 0.6 is 22.6 Å². The summed E-state index contributed by atoms with van der Waals surface area (Å²) in [5, 5.41) is 0.549. The van der Waals surface area contributed by atoms with E-state index < -0.39 is 5.97 Å². The van der Waals surface area contributed by atoms with E-state index in [1.165, 1.54) is 0 Å². The van der Waals surface area contributed by atoms with Gasteiger partial charge < -0.3 is 14.2 Å². The molecule has 1 aromatic carbocycles. The van der Waals surface area contributed by atoms with Crippen LogP contribution in [0.25, 0.3) is 10.9 Å². The van der Waals surface area contributed by atoms with Crippen molar-refractivity contribution in [3.8, 4) is 0 Å². The number of esters is 1. The molecular formula is C17H21IN2O3. The van der Waals surface area contributed by atoms with Crippen molar-refractivity contribution in [1.82, 2.24) is 9.47 Å². The smallest absolute Gasteiger partial charge is 0.343 e. The first-order valence-electron chi connectivity index (χ1n) is 7.51. The zero-order chi connectivity index (χ0) is 17.1. The summed E-state index contributed by atoms with van der Waals surface area (Å²) < 4.78 is 7.95. The molecule has 0 aliphatic carbocycles. The van der Waals surface area contributed by atoms with Gasteiger partial charge in [-0.3, -0.25) is 4.79 Å². The lowest BCUT2D eigenvalue weighted by atomic mass is 10.1. The molecule has 0 radical (unpaired) electrons. The molecule has 0 fully saturated rings. The van der Waals surface area contributed by atoms with Crippen LogP contribution in [0.2, 0.25) is 0 Å². The summed E-state index contributed by atoms with van der Waals surface area (Å²) in [6.45, 7) is 4.75. The molecule has 0 aliphatic heterocycles. The Balaban J connectivity index is 2.67. The maximum absolute atomic E-state index is 12.6. The third kappa shape index (κ3) is 3.92. The number of likely N-dealkylation sites (N-methyl/N-ethyl adjacent to an activating group) is 1. The van der Waals surface area contributed by atoms with Gasteiger partial charge in [-0.25, -0.2) is 4.79 Å². The van der Waals surface area contributed by atoms with Crippen molar-refractivity contribution in [3.05, 3.63) is 43.8 Å². The fourth-order valence-corrected chi connectivity index (χ4v) is 2.81. The maximum Gasteiger partial charge on any atom is 0.343 e. The first-order valence-corrected chi connectivity index (χ1v) is 8.59. The number of aromatic nitrogens is 1. The van der Waals surface area contributed by atoms with Crippen molar-refractivity contribution < 1.29 is 9.53 Å². The van der Waals surface area contributed by atoms with Crippen molar-refractivity contribution >= 4 is 39.5 Å². The van der Waals surface area contributed by atoms with E-state index in [9.17, 15) is 9.59 Å². The fourth-order valence-electron chi connectivity index (χ4n) is 2.32. The Kier molecular flexibility index (Phi) is 5.80. The van der Waals surface area contributed by atoms with E-state index in [0.717, 1.165) is 9.09 Å². The molecule has 0 N–H and O–H groups in total. The Bertz CT molecular complexity index is 783. The van der Waals surface area contributed by atoms with Crippen molar-refractivity contribution in [2.45, 2.75) is 26.4 Å². The van der Waals surface area contributed by atoms with Gasteiger partial charge in [0, 0.05) is 27.7 Å². The van der Waals surface area contributed by atoms with E-state index in [1.807, 2.05) is 36.9 Å². The highest BCUT2D eigenvalue weighted by atomic mass is 127. The SMILES string of the molecule is CCOC(=O)c1cn(CC(C)N(C)C)c2ccc(I)cc2c1=O. The molecule has 1 unspecified atom stereocenters. The minimum absolute atomic E-state index is 0.0901. The number of hydrogen-bond acceptors (Lipinski definition) is 4. The molecular weight excluding hydrogens is 407 g/mol. The Morgan fingerprint density at radius 3 is 2.70 bits per heavy atom. The molecule has 0 spiro atoms. The van der Waals surface area contributed by atoms with Crippen LogP contribution in [0, 0.1) is 3.57 Å². The largest absolute Gasteiger partial charge is 0.462 e. The molecule has 23 heavy (non-hydrogen) atoms. The van der Waals surface area contributed by atoms with Crippen molar-refractivity contribution in [2.75, 3.05) is 20.7 Å². The van der Waals surface area contributed by atoms with Gasteiger partial charge in [-0.15, -0.1) is 0 Å². The normalized spacial score (nSPS) is 12.6. The number of nitrogens with zero attached hydrogens (tertiary/aromatic N) is 2. The highest BCUT2D eigenvalue weighted by molar-refractivity contribution is 14.1. The molecule has 0 saturated carbocycles. The van der Waals surface area contributed by atoms with Gasteiger partial charge in [0.1, 0.15) is 5.56 Å². The van der Waals surface area contributed by atoms with Gasteiger partial charge in [-0.05, 0) is 68.7 Å². The van der Waals surface area contributed by atoms with Gasteiger partial charge in [0.25, 0.3) is 0 Å². The molecule has 0 bridgehead atoms. The molecule has 0 aliphatic rings. The quantitative estimate of drug-likeness (QED) is 0.543. The Morgan fingerprint density at radius 1 is 1.39 bits per heavy atom. The van der Waals surface area contributed by atoms with Gasteiger partial charge in [0.2, 0.25) is 5.43 Å². The van der Waals surface area contributed by atoms with Crippen LogP contribution < -0.4 is 5.43 Å². The lowest BCUT2D eigenvalue weighted by molar-refractivity contribution is 0.0524. The van der Waals surface area contributed by atoms with Crippen LogP contribution in [0.1, 0.15) is 24.2 Å². The molecule has 1 atom stereocenters. The van der Waals surface area contributed by atoms with Gasteiger partial charge in [-0.1, -0.05) is 0 Å². The first-order chi connectivity index (χ1) is 10.8. The van der Waals surface area contributed by atoms with Gasteiger partial charge in [0.05, 0.1) is 12.1 Å². The van der Waals surface area contributed by atoms with Gasteiger partial charge >= 0.3 is 5.97 Å². The third-order valence-electron chi connectivity index (χ3n) is 3.88. The number of fused-ring (bicyclic) bond motifs is 1. The third-order valence-corrected chi connectivity index (χ3v) is 4.55. The molecule has 0 amide bonds. The molecule has 2 rings (SSSR count). The lowest BCUT2D eigenvalue weighted by Crippen LogP contribution is -2.30. The summed E-state index contributed by atoms with van der Waals surface area (Å²) >= 11 is 2.17. The number of ether oxygens (including phenoxy) is 1. The summed E-state index contributed by atoms with van der Waals surface area (Å²) in [6, 6.07) is 5.96. The predicted molar refractivity (Wildman–Crippen MR) is 100 cm³/mol. The molecule has 5 nitrogen and oxygen atoms in total. The van der Waals surface area contributed by atoms with Crippen molar-refractivity contribution in [1.29, 1.82) is 0 Å². The van der Waals surface area contributed by atoms with Crippen LogP contribution in [0.5, 0.6) is 0 Å². The van der Waals surface area contributed by atoms with Crippen LogP contribution in [0.3, 0.4) is 0 Å².